The van der Waals surface area contributed by atoms with Gasteiger partial charge in [0.15, 0.2) is 0 Å². The van der Waals surface area contributed by atoms with Crippen molar-refractivity contribution in [1.29, 1.82) is 0 Å². The van der Waals surface area contributed by atoms with Crippen LogP contribution in [0.2, 0.25) is 0 Å². The lowest BCUT2D eigenvalue weighted by Gasteiger charge is -2.35. The number of halogens is 1. The van der Waals surface area contributed by atoms with Crippen LogP contribution in [0.3, 0.4) is 0 Å². The fraction of sp³-hybridized carbons (Fsp3) is 1.00. The predicted octanol–water partition coefficient (Wildman–Crippen LogP) is 1.84. The summed E-state index contributed by atoms with van der Waals surface area (Å²) in [5.41, 5.74) is 0.154. The normalized spacial score (nSPS) is 26.7. The molecule has 1 rings (SSSR count). The average molecular weight is 255 g/mol. The van der Waals surface area contributed by atoms with E-state index in [9.17, 15) is 0 Å². The van der Waals surface area contributed by atoms with Gasteiger partial charge in [-0.3, -0.25) is 0 Å². The van der Waals surface area contributed by atoms with Crippen molar-refractivity contribution in [3.63, 3.8) is 0 Å². The number of ether oxygens (including phenoxy) is 1. The van der Waals surface area contributed by atoms with Crippen molar-refractivity contribution in [2.75, 3.05) is 20.2 Å². The maximum absolute atomic E-state index is 5.40. The topological polar surface area (TPSA) is 12.5 Å². The van der Waals surface area contributed by atoms with E-state index < -0.39 is 0 Å². The van der Waals surface area contributed by atoms with Gasteiger partial charge in [0.1, 0.15) is 0 Å². The molecule has 0 N–H and O–H groups in total. The van der Waals surface area contributed by atoms with Crippen LogP contribution in [0.15, 0.2) is 0 Å². The minimum Gasteiger partial charge on any atom is -0.378 e. The van der Waals surface area contributed by atoms with Gasteiger partial charge in [-0.15, -0.1) is 0 Å². The average Bonchev–Trinajstić information content (AvgIpc) is 1.96. The molecule has 0 atom stereocenters. The number of rotatable bonds is 1. The van der Waals surface area contributed by atoms with Gasteiger partial charge in [0.2, 0.25) is 0 Å². The fourth-order valence-electron chi connectivity index (χ4n) is 1.16. The Morgan fingerprint density at radius 2 is 1.90 bits per heavy atom. The summed E-state index contributed by atoms with van der Waals surface area (Å²) in [6, 6.07) is 0. The van der Waals surface area contributed by atoms with Gasteiger partial charge in [-0.2, -0.15) is 0 Å². The van der Waals surface area contributed by atoms with Gasteiger partial charge < -0.3 is 4.74 Å². The lowest BCUT2D eigenvalue weighted by molar-refractivity contribution is -0.0265. The molecule has 1 heterocycles. The highest BCUT2D eigenvalue weighted by Crippen LogP contribution is 2.26. The second-order valence-corrected chi connectivity index (χ2v) is 4.43. The van der Waals surface area contributed by atoms with E-state index >= 15 is 0 Å². The molecule has 0 unspecified atom stereocenters. The minimum atomic E-state index is 0.154. The van der Waals surface area contributed by atoms with Crippen LogP contribution in [0, 0.1) is 0 Å². The Morgan fingerprint density at radius 1 is 1.40 bits per heavy atom. The summed E-state index contributed by atoms with van der Waals surface area (Å²) in [7, 11) is 1.81. The summed E-state index contributed by atoms with van der Waals surface area (Å²) < 4.78 is 7.71. The van der Waals surface area contributed by atoms with Crippen molar-refractivity contribution in [3.8, 4) is 0 Å². The summed E-state index contributed by atoms with van der Waals surface area (Å²) >= 11 is 2.37. The monoisotopic (exact) mass is 255 g/mol. The molecule has 0 saturated carbocycles. The van der Waals surface area contributed by atoms with Crippen molar-refractivity contribution < 1.29 is 4.74 Å². The van der Waals surface area contributed by atoms with Crippen molar-refractivity contribution in [2.45, 2.75) is 25.4 Å². The molecular formula is C7H14INO. The van der Waals surface area contributed by atoms with Gasteiger partial charge in [0.05, 0.1) is 5.60 Å². The molecule has 0 aromatic carbocycles. The van der Waals surface area contributed by atoms with Gasteiger partial charge >= 0.3 is 0 Å². The SMILES string of the molecule is COC1(C)CCN(I)CC1. The fourth-order valence-corrected chi connectivity index (χ4v) is 1.64. The molecule has 1 fully saturated rings. The van der Waals surface area contributed by atoms with Crippen LogP contribution in [-0.4, -0.2) is 28.9 Å². The molecule has 1 aliphatic rings. The molecule has 1 saturated heterocycles. The summed E-state index contributed by atoms with van der Waals surface area (Å²) in [6.07, 6.45) is 2.32. The van der Waals surface area contributed by atoms with E-state index in [1.54, 1.807) is 0 Å². The van der Waals surface area contributed by atoms with E-state index in [0.717, 1.165) is 25.9 Å². The second-order valence-electron chi connectivity index (χ2n) is 3.06. The van der Waals surface area contributed by atoms with Crippen molar-refractivity contribution in [2.24, 2.45) is 0 Å². The van der Waals surface area contributed by atoms with E-state index in [4.69, 9.17) is 4.74 Å². The lowest BCUT2D eigenvalue weighted by Crippen LogP contribution is -2.39. The molecule has 3 heteroatoms. The van der Waals surface area contributed by atoms with Crippen molar-refractivity contribution in [3.05, 3.63) is 0 Å². The predicted molar refractivity (Wildman–Crippen MR) is 50.2 cm³/mol. The molecule has 0 aliphatic carbocycles. The van der Waals surface area contributed by atoms with Crippen LogP contribution >= 0.6 is 22.9 Å². The quantitative estimate of drug-likeness (QED) is 0.523. The number of methoxy groups -OCH3 is 1. The van der Waals surface area contributed by atoms with Gasteiger partial charge in [-0.1, -0.05) is 0 Å². The zero-order valence-electron chi connectivity index (χ0n) is 6.56. The first-order valence-corrected chi connectivity index (χ1v) is 4.59. The van der Waals surface area contributed by atoms with Crippen LogP contribution in [0.5, 0.6) is 0 Å². The Bertz CT molecular complexity index is 110. The summed E-state index contributed by atoms with van der Waals surface area (Å²) in [4.78, 5) is 0. The first-order valence-electron chi connectivity index (χ1n) is 3.62. The second kappa shape index (κ2) is 3.36. The van der Waals surface area contributed by atoms with Gasteiger partial charge in [0, 0.05) is 43.1 Å². The highest BCUT2D eigenvalue weighted by molar-refractivity contribution is 14.1. The molecule has 60 valence electrons. The highest BCUT2D eigenvalue weighted by Gasteiger charge is 2.28. The Labute approximate surface area is 76.4 Å². The number of nitrogens with zero attached hydrogens (tertiary/aromatic N) is 1. The highest BCUT2D eigenvalue weighted by atomic mass is 127. The number of piperidine rings is 1. The Morgan fingerprint density at radius 3 is 2.30 bits per heavy atom. The standard InChI is InChI=1S/C7H14INO/c1-7(10-2)3-5-9(8)6-4-7/h3-6H2,1-2H3. The van der Waals surface area contributed by atoms with Gasteiger partial charge in [-0.25, -0.2) is 3.11 Å². The van der Waals surface area contributed by atoms with Crippen molar-refractivity contribution in [1.82, 2.24) is 3.11 Å². The van der Waals surface area contributed by atoms with E-state index in [0.29, 0.717) is 0 Å². The van der Waals surface area contributed by atoms with Crippen LogP contribution < -0.4 is 0 Å². The van der Waals surface area contributed by atoms with Crippen LogP contribution in [-0.2, 0) is 4.74 Å². The third-order valence-corrected chi connectivity index (χ3v) is 3.22. The first-order chi connectivity index (χ1) is 4.66. The lowest BCUT2D eigenvalue weighted by atomic mass is 9.95. The Balaban J connectivity index is 2.38. The van der Waals surface area contributed by atoms with E-state index in [1.165, 1.54) is 0 Å². The molecular weight excluding hydrogens is 241 g/mol. The molecule has 1 aliphatic heterocycles. The molecule has 0 radical (unpaired) electrons. The molecule has 0 aromatic heterocycles. The Kier molecular flexibility index (Phi) is 2.94. The summed E-state index contributed by atoms with van der Waals surface area (Å²) in [5.74, 6) is 0. The first kappa shape index (κ1) is 8.74. The van der Waals surface area contributed by atoms with Crippen LogP contribution in [0.25, 0.3) is 0 Å². The van der Waals surface area contributed by atoms with Gasteiger partial charge in [-0.05, 0) is 19.8 Å². The zero-order chi connectivity index (χ0) is 7.61. The summed E-state index contributed by atoms with van der Waals surface area (Å²) in [6.45, 7) is 4.51. The number of hydrogen-bond acceptors (Lipinski definition) is 2. The summed E-state index contributed by atoms with van der Waals surface area (Å²) in [5, 5.41) is 0. The minimum absolute atomic E-state index is 0.154. The molecule has 0 spiro atoms. The van der Waals surface area contributed by atoms with Crippen LogP contribution in [0.4, 0.5) is 0 Å². The zero-order valence-corrected chi connectivity index (χ0v) is 8.72. The molecule has 2 nitrogen and oxygen atoms in total. The smallest absolute Gasteiger partial charge is 0.0675 e. The molecule has 0 aromatic rings. The van der Waals surface area contributed by atoms with E-state index in [1.807, 2.05) is 7.11 Å². The van der Waals surface area contributed by atoms with E-state index in [-0.39, 0.29) is 5.60 Å². The third kappa shape index (κ3) is 2.07. The van der Waals surface area contributed by atoms with Crippen LogP contribution in [0.1, 0.15) is 19.8 Å². The van der Waals surface area contributed by atoms with E-state index in [2.05, 4.69) is 32.9 Å². The van der Waals surface area contributed by atoms with Crippen molar-refractivity contribution >= 4 is 22.9 Å². The molecule has 0 amide bonds. The maximum atomic E-state index is 5.40. The number of hydrogen-bond donors (Lipinski definition) is 0. The largest absolute Gasteiger partial charge is 0.378 e. The molecule has 10 heavy (non-hydrogen) atoms. The molecule has 0 bridgehead atoms. The maximum Gasteiger partial charge on any atom is 0.0675 e. The Hall–Kier alpha value is 0.650. The third-order valence-electron chi connectivity index (χ3n) is 2.26. The van der Waals surface area contributed by atoms with Gasteiger partial charge in [0.25, 0.3) is 0 Å².